The lowest BCUT2D eigenvalue weighted by atomic mass is 10.2. The van der Waals surface area contributed by atoms with Gasteiger partial charge in [0.05, 0.1) is 11.9 Å². The monoisotopic (exact) mass is 236 g/mol. The van der Waals surface area contributed by atoms with Crippen molar-refractivity contribution in [3.8, 4) is 0 Å². The van der Waals surface area contributed by atoms with Crippen molar-refractivity contribution in [3.05, 3.63) is 34.3 Å². The summed E-state index contributed by atoms with van der Waals surface area (Å²) in [5, 5.41) is 9.61. The number of carbonyl (C=O) groups is 1. The van der Waals surface area contributed by atoms with Crippen LogP contribution in [0.4, 0.5) is 0 Å². The van der Waals surface area contributed by atoms with Gasteiger partial charge in [-0.2, -0.15) is 0 Å². The second kappa shape index (κ2) is 5.00. The Morgan fingerprint density at radius 3 is 3.06 bits per heavy atom. The van der Waals surface area contributed by atoms with E-state index in [0.717, 1.165) is 4.88 Å². The summed E-state index contributed by atoms with van der Waals surface area (Å²) < 4.78 is 1.53. The predicted octanol–water partition coefficient (Wildman–Crippen LogP) is 0.610. The van der Waals surface area contributed by atoms with Crippen LogP contribution in [-0.4, -0.2) is 20.8 Å². The zero-order valence-electron chi connectivity index (χ0n) is 8.67. The number of rotatable bonds is 5. The van der Waals surface area contributed by atoms with Crippen LogP contribution >= 0.6 is 11.3 Å². The number of ketones is 1. The van der Waals surface area contributed by atoms with Crippen molar-refractivity contribution in [3.63, 3.8) is 0 Å². The van der Waals surface area contributed by atoms with Crippen molar-refractivity contribution in [1.29, 1.82) is 0 Å². The maximum Gasteiger partial charge on any atom is 0.159 e. The lowest BCUT2D eigenvalue weighted by Gasteiger charge is -1.98. The third kappa shape index (κ3) is 2.74. The first-order valence-corrected chi connectivity index (χ1v) is 5.79. The van der Waals surface area contributed by atoms with Crippen LogP contribution in [-0.2, 0) is 24.3 Å². The SMILES string of the molecule is NCc1cn(CC(=O)Cc2cccs2)nn1. The molecule has 0 aliphatic carbocycles. The first kappa shape index (κ1) is 11.0. The molecular formula is C10H12N4OS. The zero-order valence-corrected chi connectivity index (χ0v) is 9.48. The molecule has 0 aliphatic heterocycles. The maximum absolute atomic E-state index is 11.7. The molecule has 0 fully saturated rings. The number of carbonyl (C=O) groups excluding carboxylic acids is 1. The minimum Gasteiger partial charge on any atom is -0.325 e. The molecule has 84 valence electrons. The average Bonchev–Trinajstić information content (AvgIpc) is 2.89. The number of nitrogens with zero attached hydrogens (tertiary/aromatic N) is 3. The molecular weight excluding hydrogens is 224 g/mol. The normalized spacial score (nSPS) is 10.6. The molecule has 6 heteroatoms. The van der Waals surface area contributed by atoms with E-state index in [1.807, 2.05) is 17.5 Å². The number of Topliss-reactive ketones (excluding diaryl/α,β-unsaturated/α-hetero) is 1. The lowest BCUT2D eigenvalue weighted by molar-refractivity contribution is -0.119. The number of hydrogen-bond acceptors (Lipinski definition) is 5. The van der Waals surface area contributed by atoms with Crippen LogP contribution < -0.4 is 5.73 Å². The fraction of sp³-hybridized carbons (Fsp3) is 0.300. The molecule has 0 saturated carbocycles. The number of thiophene rings is 1. The van der Waals surface area contributed by atoms with E-state index in [-0.39, 0.29) is 12.3 Å². The van der Waals surface area contributed by atoms with Crippen LogP contribution in [0.2, 0.25) is 0 Å². The molecule has 0 radical (unpaired) electrons. The van der Waals surface area contributed by atoms with Gasteiger partial charge in [-0.3, -0.25) is 4.79 Å². The second-order valence-corrected chi connectivity index (χ2v) is 4.44. The topological polar surface area (TPSA) is 73.8 Å². The first-order valence-electron chi connectivity index (χ1n) is 4.91. The molecule has 2 N–H and O–H groups in total. The van der Waals surface area contributed by atoms with E-state index in [0.29, 0.717) is 18.7 Å². The van der Waals surface area contributed by atoms with Gasteiger partial charge in [0.1, 0.15) is 6.54 Å². The Hall–Kier alpha value is -1.53. The highest BCUT2D eigenvalue weighted by Crippen LogP contribution is 2.09. The third-order valence-electron chi connectivity index (χ3n) is 2.09. The summed E-state index contributed by atoms with van der Waals surface area (Å²) in [4.78, 5) is 12.7. The first-order chi connectivity index (χ1) is 7.78. The highest BCUT2D eigenvalue weighted by molar-refractivity contribution is 7.10. The van der Waals surface area contributed by atoms with Crippen LogP contribution in [0.5, 0.6) is 0 Å². The summed E-state index contributed by atoms with van der Waals surface area (Å²) in [5.74, 6) is 0.121. The van der Waals surface area contributed by atoms with E-state index < -0.39 is 0 Å². The van der Waals surface area contributed by atoms with E-state index >= 15 is 0 Å². The van der Waals surface area contributed by atoms with Crippen molar-refractivity contribution >= 4 is 17.1 Å². The van der Waals surface area contributed by atoms with Gasteiger partial charge in [-0.05, 0) is 11.4 Å². The fourth-order valence-electron chi connectivity index (χ4n) is 1.35. The van der Waals surface area contributed by atoms with Crippen molar-refractivity contribution in [1.82, 2.24) is 15.0 Å². The van der Waals surface area contributed by atoms with Crippen molar-refractivity contribution in [2.24, 2.45) is 5.73 Å². The van der Waals surface area contributed by atoms with E-state index in [1.54, 1.807) is 17.5 Å². The van der Waals surface area contributed by atoms with Crippen LogP contribution in [0.15, 0.2) is 23.7 Å². The molecule has 0 bridgehead atoms. The Morgan fingerprint density at radius 2 is 2.44 bits per heavy atom. The Labute approximate surface area is 96.9 Å². The lowest BCUT2D eigenvalue weighted by Crippen LogP contribution is -2.12. The Kier molecular flexibility index (Phi) is 3.43. The molecule has 0 atom stereocenters. The minimum absolute atomic E-state index is 0.121. The molecule has 0 unspecified atom stereocenters. The summed E-state index contributed by atoms with van der Waals surface area (Å²) in [6, 6.07) is 3.89. The molecule has 2 aromatic heterocycles. The molecule has 0 aliphatic rings. The van der Waals surface area contributed by atoms with Gasteiger partial charge in [-0.15, -0.1) is 16.4 Å². The van der Waals surface area contributed by atoms with E-state index in [4.69, 9.17) is 5.73 Å². The molecule has 5 nitrogen and oxygen atoms in total. The molecule has 2 rings (SSSR count). The zero-order chi connectivity index (χ0) is 11.4. The fourth-order valence-corrected chi connectivity index (χ4v) is 2.09. The molecule has 0 amide bonds. The molecule has 16 heavy (non-hydrogen) atoms. The Morgan fingerprint density at radius 1 is 1.56 bits per heavy atom. The summed E-state index contributed by atoms with van der Waals surface area (Å²) in [7, 11) is 0. The summed E-state index contributed by atoms with van der Waals surface area (Å²) in [5.41, 5.74) is 6.10. The summed E-state index contributed by atoms with van der Waals surface area (Å²) >= 11 is 1.59. The Balaban J connectivity index is 1.92. The van der Waals surface area contributed by atoms with Crippen LogP contribution in [0.25, 0.3) is 0 Å². The van der Waals surface area contributed by atoms with Gasteiger partial charge >= 0.3 is 0 Å². The number of hydrogen-bond donors (Lipinski definition) is 1. The van der Waals surface area contributed by atoms with E-state index in [9.17, 15) is 4.79 Å². The van der Waals surface area contributed by atoms with Gasteiger partial charge in [-0.25, -0.2) is 4.68 Å². The van der Waals surface area contributed by atoms with Crippen LogP contribution in [0, 0.1) is 0 Å². The molecule has 2 heterocycles. The standard InChI is InChI=1S/C10H12N4OS/c11-5-8-6-14(13-12-8)7-9(15)4-10-2-1-3-16-10/h1-3,6H,4-5,7,11H2. The molecule has 0 spiro atoms. The second-order valence-electron chi connectivity index (χ2n) is 3.41. The number of nitrogens with two attached hydrogens (primary N) is 1. The van der Waals surface area contributed by atoms with Gasteiger partial charge in [-0.1, -0.05) is 11.3 Å². The van der Waals surface area contributed by atoms with Gasteiger partial charge in [0.15, 0.2) is 5.78 Å². The third-order valence-corrected chi connectivity index (χ3v) is 2.96. The van der Waals surface area contributed by atoms with E-state index in [2.05, 4.69) is 10.3 Å². The van der Waals surface area contributed by atoms with Crippen molar-refractivity contribution < 1.29 is 4.79 Å². The summed E-state index contributed by atoms with van der Waals surface area (Å²) in [6.07, 6.45) is 2.15. The van der Waals surface area contributed by atoms with Crippen LogP contribution in [0.1, 0.15) is 10.6 Å². The molecule has 2 aromatic rings. The maximum atomic E-state index is 11.7. The average molecular weight is 236 g/mol. The van der Waals surface area contributed by atoms with Crippen LogP contribution in [0.3, 0.4) is 0 Å². The van der Waals surface area contributed by atoms with Gasteiger partial charge in [0.2, 0.25) is 0 Å². The van der Waals surface area contributed by atoms with Crippen molar-refractivity contribution in [2.45, 2.75) is 19.5 Å². The molecule has 0 saturated heterocycles. The quantitative estimate of drug-likeness (QED) is 0.825. The number of aromatic nitrogens is 3. The smallest absolute Gasteiger partial charge is 0.159 e. The molecule has 0 aromatic carbocycles. The van der Waals surface area contributed by atoms with Gasteiger partial charge < -0.3 is 5.73 Å². The van der Waals surface area contributed by atoms with Gasteiger partial charge in [0, 0.05) is 17.8 Å². The summed E-state index contributed by atoms with van der Waals surface area (Å²) in [6.45, 7) is 0.601. The van der Waals surface area contributed by atoms with Gasteiger partial charge in [0.25, 0.3) is 0 Å². The predicted molar refractivity (Wildman–Crippen MR) is 60.9 cm³/mol. The minimum atomic E-state index is 0.121. The Bertz CT molecular complexity index is 463. The van der Waals surface area contributed by atoms with E-state index in [1.165, 1.54) is 4.68 Å². The highest BCUT2D eigenvalue weighted by atomic mass is 32.1. The van der Waals surface area contributed by atoms with Crippen molar-refractivity contribution in [2.75, 3.05) is 0 Å². The largest absolute Gasteiger partial charge is 0.325 e. The highest BCUT2D eigenvalue weighted by Gasteiger charge is 2.07.